The molecule has 0 atom stereocenters. The van der Waals surface area contributed by atoms with E-state index in [-0.39, 0.29) is 79.9 Å². The van der Waals surface area contributed by atoms with Gasteiger partial charge >= 0.3 is 23.9 Å². The third-order valence-electron chi connectivity index (χ3n) is 10.1. The first kappa shape index (κ1) is 42.1. The molecule has 8 rings (SSSR count). The average molecular weight is 854 g/mol. The number of aromatic nitrogens is 2. The molecule has 2 aliphatic rings. The van der Waals surface area contributed by atoms with Crippen LogP contribution in [0.4, 0.5) is 17.1 Å². The number of halogens is 1. The minimum Gasteiger partial charge on any atom is -0.478 e. The Morgan fingerprint density at radius 2 is 1.31 bits per heavy atom. The number of nitrogens with one attached hydrogen (secondary N) is 2. The second kappa shape index (κ2) is 17.3. The van der Waals surface area contributed by atoms with E-state index in [4.69, 9.17) is 26.5 Å². The summed E-state index contributed by atoms with van der Waals surface area (Å²) in [4.78, 5) is 71.9. The third kappa shape index (κ3) is 7.75. The molecule has 0 saturated carbocycles. The lowest BCUT2D eigenvalue weighted by Crippen LogP contribution is -2.17. The number of anilines is 3. The normalized spacial score (nSPS) is 11.0. The molecule has 3 heterocycles. The monoisotopic (exact) mass is 853 g/mol. The Balaban J connectivity index is 0.00000285. The molecule has 0 spiro atoms. The van der Waals surface area contributed by atoms with Gasteiger partial charge in [-0.15, -0.1) is 0 Å². The van der Waals surface area contributed by atoms with Crippen molar-refractivity contribution in [1.82, 2.24) is 9.97 Å². The summed E-state index contributed by atoms with van der Waals surface area (Å²) in [7, 11) is 1.19. The molecule has 312 valence electrons. The van der Waals surface area contributed by atoms with Gasteiger partial charge in [0.25, 0.3) is 0 Å². The minimum absolute atomic E-state index is 0.00316. The summed E-state index contributed by atoms with van der Waals surface area (Å²) >= 11 is 6.67. The zero-order valence-electron chi connectivity index (χ0n) is 33.2. The van der Waals surface area contributed by atoms with Crippen molar-refractivity contribution >= 4 is 85.3 Å². The molecule has 0 bridgehead atoms. The van der Waals surface area contributed by atoms with Crippen molar-refractivity contribution in [3.05, 3.63) is 146 Å². The molecule has 16 heteroatoms. The number of hydrogen-bond acceptors (Lipinski definition) is 12. The third-order valence-corrected chi connectivity index (χ3v) is 10.3. The zero-order chi connectivity index (χ0) is 44.4. The fraction of sp³-hybridized carbons (Fsp3) is 0.109. The van der Waals surface area contributed by atoms with Gasteiger partial charge in [-0.2, -0.15) is 0 Å². The van der Waals surface area contributed by atoms with Crippen LogP contribution in [0.15, 0.2) is 106 Å². The number of fused-ring (bicyclic) bond motifs is 4. The van der Waals surface area contributed by atoms with Crippen LogP contribution in [0.2, 0.25) is 5.02 Å². The predicted octanol–water partition coefficient (Wildman–Crippen LogP) is 9.03. The maximum absolute atomic E-state index is 14.0. The highest BCUT2D eigenvalue weighted by Gasteiger charge is 2.29. The smallest absolute Gasteiger partial charge is 0.354 e. The van der Waals surface area contributed by atoms with Crippen LogP contribution < -0.4 is 21.8 Å². The Hall–Kier alpha value is -8.04. The number of nitrogens with two attached hydrogens (primary N) is 1. The molecule has 0 fully saturated rings. The van der Waals surface area contributed by atoms with Gasteiger partial charge in [0.1, 0.15) is 22.7 Å². The number of methoxy groups -OCH3 is 1. The fourth-order valence-corrected chi connectivity index (χ4v) is 7.40. The SMILES string of the molecule is CC.COC(=O)c1ccc(C(=O)O)c(-c2c3cc(Cl)c(=O)c(CNc4cccc5ccc(C(=O)O)nc45)c-3oc3c(CNc4cccc5ccc(C(=O)O)nc45)c(N)ccc23)c1. The van der Waals surface area contributed by atoms with Gasteiger partial charge in [-0.05, 0) is 66.2 Å². The molecule has 62 heavy (non-hydrogen) atoms. The lowest BCUT2D eigenvalue weighted by atomic mass is 9.87. The van der Waals surface area contributed by atoms with Crippen LogP contribution in [0.25, 0.3) is 55.2 Å². The van der Waals surface area contributed by atoms with Crippen LogP contribution in [0, 0.1) is 0 Å². The quantitative estimate of drug-likeness (QED) is 0.0404. The number of nitrogen functional groups attached to an aromatic ring is 1. The molecule has 0 amide bonds. The number of carboxylic acid groups (broad SMARTS) is 3. The number of carbonyl (C=O) groups is 4. The van der Waals surface area contributed by atoms with Crippen molar-refractivity contribution in [3.63, 3.8) is 0 Å². The molecular formula is C46H36ClN5O10. The number of pyridine rings is 2. The van der Waals surface area contributed by atoms with Crippen LogP contribution >= 0.6 is 11.6 Å². The second-order valence-corrected chi connectivity index (χ2v) is 14.0. The number of carboxylic acids is 3. The number of aromatic carboxylic acids is 3. The molecule has 2 aromatic heterocycles. The van der Waals surface area contributed by atoms with Crippen LogP contribution in [0.1, 0.15) is 66.7 Å². The predicted molar refractivity (Wildman–Crippen MR) is 236 cm³/mol. The summed E-state index contributed by atoms with van der Waals surface area (Å²) in [5.41, 5.74) is 8.42. The van der Waals surface area contributed by atoms with Gasteiger partial charge in [0, 0.05) is 51.6 Å². The topological polar surface area (TPSA) is 244 Å². The summed E-state index contributed by atoms with van der Waals surface area (Å²) in [5, 5.41) is 37.6. The molecule has 0 unspecified atom stereocenters. The van der Waals surface area contributed by atoms with Crippen LogP contribution in [0.3, 0.4) is 0 Å². The van der Waals surface area contributed by atoms with E-state index in [1.165, 1.54) is 43.5 Å². The minimum atomic E-state index is -1.32. The lowest BCUT2D eigenvalue weighted by molar-refractivity contribution is 0.0597. The number of benzene rings is 5. The van der Waals surface area contributed by atoms with Gasteiger partial charge in [-0.3, -0.25) is 4.79 Å². The van der Waals surface area contributed by atoms with E-state index in [1.54, 1.807) is 60.7 Å². The highest BCUT2D eigenvalue weighted by molar-refractivity contribution is 6.31. The van der Waals surface area contributed by atoms with Gasteiger partial charge < -0.3 is 40.8 Å². The van der Waals surface area contributed by atoms with Crippen molar-refractivity contribution in [2.45, 2.75) is 26.9 Å². The molecular weight excluding hydrogens is 818 g/mol. The Morgan fingerprint density at radius 3 is 1.85 bits per heavy atom. The summed E-state index contributed by atoms with van der Waals surface area (Å²) in [6, 6.07) is 25.0. The molecule has 7 N–H and O–H groups in total. The summed E-state index contributed by atoms with van der Waals surface area (Å²) < 4.78 is 11.7. The number of hydrogen-bond donors (Lipinski definition) is 6. The van der Waals surface area contributed by atoms with E-state index in [9.17, 15) is 39.3 Å². The van der Waals surface area contributed by atoms with Gasteiger partial charge in [0.15, 0.2) is 0 Å². The Morgan fingerprint density at radius 1 is 0.726 bits per heavy atom. The van der Waals surface area contributed by atoms with E-state index in [0.717, 1.165) is 0 Å². The van der Waals surface area contributed by atoms with Crippen molar-refractivity contribution in [2.24, 2.45) is 0 Å². The first-order valence-electron chi connectivity index (χ1n) is 19.0. The summed E-state index contributed by atoms with van der Waals surface area (Å²) in [5.74, 6) is -4.47. The highest BCUT2D eigenvalue weighted by Crippen LogP contribution is 2.45. The first-order chi connectivity index (χ1) is 29.8. The molecule has 1 aliphatic heterocycles. The highest BCUT2D eigenvalue weighted by atomic mass is 35.5. The maximum atomic E-state index is 14.0. The van der Waals surface area contributed by atoms with E-state index in [2.05, 4.69) is 20.6 Å². The van der Waals surface area contributed by atoms with Crippen molar-refractivity contribution < 1.29 is 43.7 Å². The lowest BCUT2D eigenvalue weighted by Gasteiger charge is -2.22. The van der Waals surface area contributed by atoms with E-state index >= 15 is 0 Å². The fourth-order valence-electron chi connectivity index (χ4n) is 7.17. The Bertz CT molecular complexity index is 3170. The molecule has 4 aromatic carbocycles. The second-order valence-electron chi connectivity index (χ2n) is 13.6. The van der Waals surface area contributed by atoms with Gasteiger partial charge in [0.2, 0.25) is 5.43 Å². The summed E-state index contributed by atoms with van der Waals surface area (Å²) in [6.07, 6.45) is 0. The number of para-hydroxylation sites is 2. The van der Waals surface area contributed by atoms with E-state index < -0.39 is 29.3 Å². The van der Waals surface area contributed by atoms with Crippen LogP contribution in [-0.2, 0) is 17.8 Å². The number of ether oxygens (including phenoxy) is 1. The number of nitrogens with zero attached hydrogens (tertiary/aromatic N) is 2. The standard InChI is InChI=1S/C44H30ClN5O10.C2H6/c1-59-44(58)22-8-11-23(41(52)53)25(16-22)35-24-12-13-30(46)27(18-47-31-6-2-4-20-9-14-33(42(54)55)49-36(20)31)39(24)60-40-26(35)17-29(45)38(51)28(40)19-48-32-7-3-5-21-10-15-34(43(56)57)50-37(21)32;1-2/h2-17,47-48H,18-19,46H2,1H3,(H,52,53)(H,54,55)(H,56,57);1-2H3. The maximum Gasteiger partial charge on any atom is 0.354 e. The van der Waals surface area contributed by atoms with Crippen molar-refractivity contribution in [3.8, 4) is 22.5 Å². The number of carbonyl (C=O) groups excluding carboxylic acids is 1. The van der Waals surface area contributed by atoms with Crippen LogP contribution in [-0.4, -0.2) is 56.3 Å². The number of rotatable bonds is 11. The molecule has 1 aliphatic carbocycles. The van der Waals surface area contributed by atoms with Gasteiger partial charge in [-0.25, -0.2) is 29.1 Å². The zero-order valence-corrected chi connectivity index (χ0v) is 34.0. The van der Waals surface area contributed by atoms with Gasteiger partial charge in [-0.1, -0.05) is 61.8 Å². The Kier molecular flexibility index (Phi) is 11.7. The largest absolute Gasteiger partial charge is 0.478 e. The average Bonchev–Trinajstić information content (AvgIpc) is 3.28. The molecule has 6 aromatic rings. The van der Waals surface area contributed by atoms with Crippen molar-refractivity contribution in [1.29, 1.82) is 0 Å². The summed E-state index contributed by atoms with van der Waals surface area (Å²) in [6.45, 7) is 3.75. The van der Waals surface area contributed by atoms with Gasteiger partial charge in [0.05, 0.1) is 51.2 Å². The first-order valence-corrected chi connectivity index (χ1v) is 19.4. The van der Waals surface area contributed by atoms with Crippen molar-refractivity contribution in [2.75, 3.05) is 23.5 Å². The molecule has 0 saturated heterocycles. The van der Waals surface area contributed by atoms with E-state index in [1.807, 2.05) is 13.8 Å². The molecule has 15 nitrogen and oxygen atoms in total. The number of esters is 1. The Labute approximate surface area is 356 Å². The molecule has 0 radical (unpaired) electrons. The van der Waals surface area contributed by atoms with Crippen LogP contribution in [0.5, 0.6) is 0 Å². The van der Waals surface area contributed by atoms with E-state index in [0.29, 0.717) is 44.1 Å².